The molecule has 0 bridgehead atoms. The fourth-order valence-corrected chi connectivity index (χ4v) is 4.38. The molecule has 1 saturated carbocycles. The van der Waals surface area contributed by atoms with E-state index in [9.17, 15) is 9.59 Å². The molecule has 0 radical (unpaired) electrons. The predicted molar refractivity (Wildman–Crippen MR) is 119 cm³/mol. The maximum absolute atomic E-state index is 12.9. The normalized spacial score (nSPS) is 15.6. The van der Waals surface area contributed by atoms with Crippen LogP contribution in [0.3, 0.4) is 0 Å². The molecular formula is C23H26Cl2N2O2. The van der Waals surface area contributed by atoms with Gasteiger partial charge in [0.25, 0.3) is 11.8 Å². The first-order valence-corrected chi connectivity index (χ1v) is 10.8. The number of nitrogens with zero attached hydrogens (tertiary/aromatic N) is 1. The van der Waals surface area contributed by atoms with Crippen LogP contribution in [-0.4, -0.2) is 29.8 Å². The van der Waals surface area contributed by atoms with Crippen LogP contribution in [0.1, 0.15) is 59.7 Å². The first-order valence-electron chi connectivity index (χ1n) is 10.0. The molecule has 2 aromatic rings. The summed E-state index contributed by atoms with van der Waals surface area (Å²) >= 11 is 12.0. The van der Waals surface area contributed by atoms with Crippen LogP contribution >= 0.6 is 23.2 Å². The molecule has 0 aromatic heterocycles. The smallest absolute Gasteiger partial charge is 0.257 e. The van der Waals surface area contributed by atoms with Crippen LogP contribution in [-0.2, 0) is 0 Å². The summed E-state index contributed by atoms with van der Waals surface area (Å²) in [6.45, 7) is 2.14. The summed E-state index contributed by atoms with van der Waals surface area (Å²) in [6, 6.07) is 11.9. The third kappa shape index (κ3) is 5.31. The third-order valence-electron chi connectivity index (χ3n) is 5.83. The first-order chi connectivity index (χ1) is 13.9. The van der Waals surface area contributed by atoms with E-state index in [0.717, 1.165) is 0 Å². The Labute approximate surface area is 182 Å². The minimum absolute atomic E-state index is 0.00157. The second-order valence-electron chi connectivity index (χ2n) is 7.71. The van der Waals surface area contributed by atoms with Crippen LogP contribution in [0.2, 0.25) is 10.0 Å². The highest BCUT2D eigenvalue weighted by molar-refractivity contribution is 6.37. The molecule has 29 heavy (non-hydrogen) atoms. The highest BCUT2D eigenvalue weighted by atomic mass is 35.5. The lowest BCUT2D eigenvalue weighted by Gasteiger charge is -2.34. The van der Waals surface area contributed by atoms with E-state index >= 15 is 0 Å². The van der Waals surface area contributed by atoms with Crippen molar-refractivity contribution in [1.29, 1.82) is 0 Å². The fraction of sp³-hybridized carbons (Fsp3) is 0.391. The van der Waals surface area contributed by atoms with E-state index < -0.39 is 0 Å². The quantitative estimate of drug-likeness (QED) is 0.603. The molecule has 1 N–H and O–H groups in total. The molecule has 0 unspecified atom stereocenters. The van der Waals surface area contributed by atoms with Crippen molar-refractivity contribution in [1.82, 2.24) is 4.90 Å². The molecule has 4 nitrogen and oxygen atoms in total. The van der Waals surface area contributed by atoms with Crippen LogP contribution in [0, 0.1) is 5.92 Å². The van der Waals surface area contributed by atoms with Crippen molar-refractivity contribution in [2.24, 2.45) is 5.92 Å². The van der Waals surface area contributed by atoms with Gasteiger partial charge < -0.3 is 10.2 Å². The van der Waals surface area contributed by atoms with Crippen molar-refractivity contribution < 1.29 is 9.59 Å². The lowest BCUT2D eigenvalue weighted by atomic mass is 9.84. The molecule has 154 valence electrons. The Kier molecular flexibility index (Phi) is 7.20. The number of rotatable bonds is 5. The summed E-state index contributed by atoms with van der Waals surface area (Å²) in [5.74, 6) is 0.246. The van der Waals surface area contributed by atoms with Gasteiger partial charge in [0.15, 0.2) is 0 Å². The maximum Gasteiger partial charge on any atom is 0.257 e. The molecule has 0 aliphatic heterocycles. The monoisotopic (exact) mass is 432 g/mol. The summed E-state index contributed by atoms with van der Waals surface area (Å²) in [6.07, 6.45) is 6.19. The minimum Gasteiger partial charge on any atom is -0.339 e. The van der Waals surface area contributed by atoms with E-state index in [-0.39, 0.29) is 17.9 Å². The summed E-state index contributed by atoms with van der Waals surface area (Å²) in [5.41, 5.74) is 1.55. The molecule has 1 aliphatic carbocycles. The van der Waals surface area contributed by atoms with Gasteiger partial charge in [-0.05, 0) is 68.1 Å². The predicted octanol–water partition coefficient (Wildman–Crippen LogP) is 6.29. The molecule has 0 spiro atoms. The average molecular weight is 433 g/mol. The van der Waals surface area contributed by atoms with E-state index in [1.165, 1.54) is 38.2 Å². The van der Waals surface area contributed by atoms with Gasteiger partial charge in [0.1, 0.15) is 0 Å². The van der Waals surface area contributed by atoms with Crippen molar-refractivity contribution in [3.63, 3.8) is 0 Å². The zero-order valence-electron chi connectivity index (χ0n) is 16.8. The highest BCUT2D eigenvalue weighted by Crippen LogP contribution is 2.29. The Morgan fingerprint density at radius 3 is 2.31 bits per heavy atom. The van der Waals surface area contributed by atoms with Gasteiger partial charge in [-0.2, -0.15) is 0 Å². The summed E-state index contributed by atoms with van der Waals surface area (Å²) in [4.78, 5) is 27.1. The van der Waals surface area contributed by atoms with Gasteiger partial charge in [-0.15, -0.1) is 0 Å². The fourth-order valence-electron chi connectivity index (χ4n) is 3.89. The number of carbonyl (C=O) groups is 2. The van der Waals surface area contributed by atoms with Gasteiger partial charge in [0, 0.05) is 29.4 Å². The molecule has 2 amide bonds. The van der Waals surface area contributed by atoms with Crippen molar-refractivity contribution in [3.8, 4) is 0 Å². The molecule has 1 fully saturated rings. The van der Waals surface area contributed by atoms with Crippen molar-refractivity contribution in [2.75, 3.05) is 12.4 Å². The Morgan fingerprint density at radius 2 is 1.69 bits per heavy atom. The Hall–Kier alpha value is -2.04. The van der Waals surface area contributed by atoms with Crippen molar-refractivity contribution >= 4 is 40.7 Å². The van der Waals surface area contributed by atoms with Gasteiger partial charge in [0.2, 0.25) is 0 Å². The Morgan fingerprint density at radius 1 is 1.03 bits per heavy atom. The standard InChI is InChI=1S/C23H26Cl2N2O2/c1-15(16-6-4-3-5-7-16)27(2)23(29)17-8-11-19(12-9-17)26-22(28)20-13-10-18(24)14-21(20)25/h8-16H,3-7H2,1-2H3,(H,26,28)/t15-/m1/s1. The zero-order chi connectivity index (χ0) is 21.0. The molecule has 2 aromatic carbocycles. The number of hydrogen-bond donors (Lipinski definition) is 1. The van der Waals surface area contributed by atoms with Gasteiger partial charge in [-0.3, -0.25) is 9.59 Å². The number of benzene rings is 2. The van der Waals surface area contributed by atoms with Crippen molar-refractivity contribution in [2.45, 2.75) is 45.1 Å². The van der Waals surface area contributed by atoms with Crippen LogP contribution < -0.4 is 5.32 Å². The molecule has 0 saturated heterocycles. The van der Waals surface area contributed by atoms with Crippen molar-refractivity contribution in [3.05, 3.63) is 63.6 Å². The van der Waals surface area contributed by atoms with Gasteiger partial charge in [-0.1, -0.05) is 42.5 Å². The maximum atomic E-state index is 12.9. The number of anilines is 1. The second-order valence-corrected chi connectivity index (χ2v) is 8.55. The summed E-state index contributed by atoms with van der Waals surface area (Å²) in [7, 11) is 1.87. The van der Waals surface area contributed by atoms with Gasteiger partial charge in [0.05, 0.1) is 10.6 Å². The van der Waals surface area contributed by atoms with Crippen LogP contribution in [0.25, 0.3) is 0 Å². The second kappa shape index (κ2) is 9.64. The van der Waals surface area contributed by atoms with E-state index in [1.807, 2.05) is 11.9 Å². The van der Waals surface area contributed by atoms with E-state index in [2.05, 4.69) is 12.2 Å². The molecule has 0 heterocycles. The van der Waals surface area contributed by atoms with Gasteiger partial charge in [-0.25, -0.2) is 0 Å². The molecule has 1 atom stereocenters. The van der Waals surface area contributed by atoms with Gasteiger partial charge >= 0.3 is 0 Å². The van der Waals surface area contributed by atoms with Crippen LogP contribution in [0.5, 0.6) is 0 Å². The van der Waals surface area contributed by atoms with E-state index in [1.54, 1.807) is 36.4 Å². The molecule has 1 aliphatic rings. The minimum atomic E-state index is -0.325. The van der Waals surface area contributed by atoms with E-state index in [0.29, 0.717) is 32.8 Å². The topological polar surface area (TPSA) is 49.4 Å². The number of amides is 2. The number of carbonyl (C=O) groups excluding carboxylic acids is 2. The Bertz CT molecular complexity index is 877. The Balaban J connectivity index is 1.64. The SMILES string of the molecule is C[C@H](C1CCCCC1)N(C)C(=O)c1ccc(NC(=O)c2ccc(Cl)cc2Cl)cc1. The molecular weight excluding hydrogens is 407 g/mol. The number of hydrogen-bond acceptors (Lipinski definition) is 2. The lowest BCUT2D eigenvalue weighted by Crippen LogP contribution is -2.40. The molecule has 6 heteroatoms. The largest absolute Gasteiger partial charge is 0.339 e. The van der Waals surface area contributed by atoms with E-state index in [4.69, 9.17) is 23.2 Å². The highest BCUT2D eigenvalue weighted by Gasteiger charge is 2.26. The summed E-state index contributed by atoms with van der Waals surface area (Å²) < 4.78 is 0. The number of halogens is 2. The lowest BCUT2D eigenvalue weighted by molar-refractivity contribution is 0.0665. The first kappa shape index (κ1) is 21.7. The molecule has 3 rings (SSSR count). The number of nitrogens with one attached hydrogen (secondary N) is 1. The van der Waals surface area contributed by atoms with Crippen LogP contribution in [0.15, 0.2) is 42.5 Å². The zero-order valence-corrected chi connectivity index (χ0v) is 18.3. The third-order valence-corrected chi connectivity index (χ3v) is 6.38. The summed E-state index contributed by atoms with van der Waals surface area (Å²) in [5, 5.41) is 3.56. The average Bonchev–Trinajstić information content (AvgIpc) is 2.73. The van der Waals surface area contributed by atoms with Crippen LogP contribution in [0.4, 0.5) is 5.69 Å².